The largest absolute Gasteiger partial charge is 0.479 e. The Labute approximate surface area is 73.5 Å². The number of carboxylic acid groups (broad SMARTS) is 1. The number of thiazole rings is 1. The summed E-state index contributed by atoms with van der Waals surface area (Å²) in [4.78, 5) is 14.4. The second kappa shape index (κ2) is 3.20. The molecule has 1 aromatic rings. The van der Waals surface area contributed by atoms with Crippen molar-refractivity contribution in [3.05, 3.63) is 16.6 Å². The lowest BCUT2D eigenvalue weighted by Gasteiger charge is -2.15. The van der Waals surface area contributed by atoms with Gasteiger partial charge >= 0.3 is 5.97 Å². The zero-order chi connectivity index (χ0) is 9.19. The maximum Gasteiger partial charge on any atom is 0.335 e. The Kier molecular flexibility index (Phi) is 2.44. The topological polar surface area (TPSA) is 70.4 Å². The van der Waals surface area contributed by atoms with E-state index in [1.807, 2.05) is 0 Å². The van der Waals surface area contributed by atoms with E-state index in [4.69, 9.17) is 5.11 Å². The molecule has 0 bridgehead atoms. The van der Waals surface area contributed by atoms with Crippen LogP contribution in [-0.2, 0) is 11.2 Å². The van der Waals surface area contributed by atoms with E-state index in [1.54, 1.807) is 11.6 Å². The van der Waals surface area contributed by atoms with Gasteiger partial charge in [0.15, 0.2) is 5.60 Å². The standard InChI is InChI=1S/C7H9NO3S/c1-7(11,6(9)10)4-5-8-2-3-12-5/h2-3,11H,4H2,1H3,(H,9,10). The van der Waals surface area contributed by atoms with Gasteiger partial charge in [-0.25, -0.2) is 9.78 Å². The number of hydrogen-bond acceptors (Lipinski definition) is 4. The van der Waals surface area contributed by atoms with Crippen molar-refractivity contribution in [1.29, 1.82) is 0 Å². The third-order valence-electron chi connectivity index (χ3n) is 1.44. The molecule has 1 atom stereocenters. The molecule has 1 aromatic heterocycles. The minimum absolute atomic E-state index is 0.0556. The first kappa shape index (κ1) is 9.15. The molecule has 0 aromatic carbocycles. The summed E-state index contributed by atoms with van der Waals surface area (Å²) in [7, 11) is 0. The van der Waals surface area contributed by atoms with E-state index in [1.165, 1.54) is 18.3 Å². The van der Waals surface area contributed by atoms with Gasteiger partial charge in [-0.3, -0.25) is 0 Å². The van der Waals surface area contributed by atoms with Gasteiger partial charge < -0.3 is 10.2 Å². The van der Waals surface area contributed by atoms with Crippen molar-refractivity contribution in [2.75, 3.05) is 0 Å². The quantitative estimate of drug-likeness (QED) is 0.723. The van der Waals surface area contributed by atoms with Crippen LogP contribution >= 0.6 is 11.3 Å². The Morgan fingerprint density at radius 2 is 2.50 bits per heavy atom. The summed E-state index contributed by atoms with van der Waals surface area (Å²) in [5.41, 5.74) is -1.71. The molecule has 5 heteroatoms. The van der Waals surface area contributed by atoms with Crippen LogP contribution in [0.1, 0.15) is 11.9 Å². The van der Waals surface area contributed by atoms with Gasteiger partial charge in [0.25, 0.3) is 0 Å². The van der Waals surface area contributed by atoms with Crippen molar-refractivity contribution in [1.82, 2.24) is 4.98 Å². The number of aliphatic hydroxyl groups is 1. The van der Waals surface area contributed by atoms with Gasteiger partial charge in [0.2, 0.25) is 0 Å². The lowest BCUT2D eigenvalue weighted by molar-refractivity contribution is -0.156. The molecule has 0 spiro atoms. The Balaban J connectivity index is 2.69. The van der Waals surface area contributed by atoms with Crippen LogP contribution in [0.3, 0.4) is 0 Å². The minimum atomic E-state index is -1.71. The van der Waals surface area contributed by atoms with E-state index in [9.17, 15) is 9.90 Å². The molecule has 1 heterocycles. The van der Waals surface area contributed by atoms with Crippen LogP contribution in [0.5, 0.6) is 0 Å². The maximum absolute atomic E-state index is 10.5. The number of carbonyl (C=O) groups is 1. The molecular weight excluding hydrogens is 178 g/mol. The molecule has 0 aliphatic rings. The van der Waals surface area contributed by atoms with E-state index in [2.05, 4.69) is 4.98 Å². The number of rotatable bonds is 3. The highest BCUT2D eigenvalue weighted by Gasteiger charge is 2.30. The van der Waals surface area contributed by atoms with Gasteiger partial charge in [-0.05, 0) is 6.92 Å². The monoisotopic (exact) mass is 187 g/mol. The number of hydrogen-bond donors (Lipinski definition) is 2. The predicted octanol–water partition coefficient (Wildman–Crippen LogP) is 0.521. The first-order valence-corrected chi connectivity index (χ1v) is 4.24. The minimum Gasteiger partial charge on any atom is -0.479 e. The van der Waals surface area contributed by atoms with Crippen LogP contribution in [0, 0.1) is 0 Å². The molecule has 66 valence electrons. The van der Waals surface area contributed by atoms with Gasteiger partial charge in [0, 0.05) is 18.0 Å². The molecule has 0 saturated heterocycles. The lowest BCUT2D eigenvalue weighted by Crippen LogP contribution is -2.37. The normalized spacial score (nSPS) is 15.5. The van der Waals surface area contributed by atoms with Crippen LogP contribution in [0.2, 0.25) is 0 Å². The van der Waals surface area contributed by atoms with E-state index in [0.717, 1.165) is 0 Å². The molecule has 0 aliphatic carbocycles. The molecule has 0 amide bonds. The molecule has 4 nitrogen and oxygen atoms in total. The average molecular weight is 187 g/mol. The summed E-state index contributed by atoms with van der Waals surface area (Å²) >= 11 is 1.33. The zero-order valence-electron chi connectivity index (χ0n) is 6.52. The number of nitrogens with zero attached hydrogens (tertiary/aromatic N) is 1. The highest BCUT2D eigenvalue weighted by Crippen LogP contribution is 2.14. The molecular formula is C7H9NO3S. The zero-order valence-corrected chi connectivity index (χ0v) is 7.34. The summed E-state index contributed by atoms with van der Waals surface area (Å²) in [5.74, 6) is -1.22. The molecule has 0 radical (unpaired) electrons. The SMILES string of the molecule is CC(O)(Cc1nccs1)C(=O)O. The van der Waals surface area contributed by atoms with Crippen molar-refractivity contribution in [2.45, 2.75) is 18.9 Å². The Hall–Kier alpha value is -0.940. The van der Waals surface area contributed by atoms with Gasteiger partial charge in [-0.15, -0.1) is 11.3 Å². The van der Waals surface area contributed by atoms with Crippen molar-refractivity contribution in [3.63, 3.8) is 0 Å². The van der Waals surface area contributed by atoms with E-state index < -0.39 is 11.6 Å². The van der Waals surface area contributed by atoms with E-state index >= 15 is 0 Å². The molecule has 12 heavy (non-hydrogen) atoms. The molecule has 2 N–H and O–H groups in total. The Bertz CT molecular complexity index is 268. The highest BCUT2D eigenvalue weighted by atomic mass is 32.1. The predicted molar refractivity (Wildman–Crippen MR) is 44.1 cm³/mol. The van der Waals surface area contributed by atoms with Crippen LogP contribution in [-0.4, -0.2) is 26.8 Å². The van der Waals surface area contributed by atoms with Crippen molar-refractivity contribution in [3.8, 4) is 0 Å². The second-order valence-electron chi connectivity index (χ2n) is 2.68. The molecule has 0 saturated carbocycles. The van der Waals surface area contributed by atoms with Crippen molar-refractivity contribution in [2.24, 2.45) is 0 Å². The van der Waals surface area contributed by atoms with Gasteiger partial charge in [-0.1, -0.05) is 0 Å². The fraction of sp³-hybridized carbons (Fsp3) is 0.429. The first-order valence-electron chi connectivity index (χ1n) is 3.36. The third kappa shape index (κ3) is 2.02. The maximum atomic E-state index is 10.5. The lowest BCUT2D eigenvalue weighted by atomic mass is 10.0. The summed E-state index contributed by atoms with van der Waals surface area (Å²) in [5, 5.41) is 20.3. The highest BCUT2D eigenvalue weighted by molar-refractivity contribution is 7.09. The van der Waals surface area contributed by atoms with Gasteiger partial charge in [-0.2, -0.15) is 0 Å². The average Bonchev–Trinajstić information content (AvgIpc) is 2.38. The molecule has 1 rings (SSSR count). The van der Waals surface area contributed by atoms with Crippen LogP contribution in [0.4, 0.5) is 0 Å². The smallest absolute Gasteiger partial charge is 0.335 e. The van der Waals surface area contributed by atoms with Gasteiger partial charge in [0.1, 0.15) is 0 Å². The van der Waals surface area contributed by atoms with E-state index in [0.29, 0.717) is 5.01 Å². The van der Waals surface area contributed by atoms with Crippen LogP contribution < -0.4 is 0 Å². The number of aliphatic carboxylic acids is 1. The molecule has 1 unspecified atom stereocenters. The first-order chi connectivity index (χ1) is 5.52. The summed E-state index contributed by atoms with van der Waals surface area (Å²) in [6.45, 7) is 1.26. The second-order valence-corrected chi connectivity index (χ2v) is 3.66. The van der Waals surface area contributed by atoms with Crippen LogP contribution in [0.15, 0.2) is 11.6 Å². The van der Waals surface area contributed by atoms with Gasteiger partial charge in [0.05, 0.1) is 5.01 Å². The number of aromatic nitrogens is 1. The third-order valence-corrected chi connectivity index (χ3v) is 2.22. The number of carboxylic acids is 1. The van der Waals surface area contributed by atoms with Crippen molar-refractivity contribution < 1.29 is 15.0 Å². The Morgan fingerprint density at radius 3 is 2.92 bits per heavy atom. The fourth-order valence-corrected chi connectivity index (χ4v) is 1.48. The molecule has 0 aliphatic heterocycles. The van der Waals surface area contributed by atoms with E-state index in [-0.39, 0.29) is 6.42 Å². The summed E-state index contributed by atoms with van der Waals surface area (Å²) < 4.78 is 0. The molecule has 0 fully saturated rings. The summed E-state index contributed by atoms with van der Waals surface area (Å²) in [6.07, 6.45) is 1.64. The summed E-state index contributed by atoms with van der Waals surface area (Å²) in [6, 6.07) is 0. The van der Waals surface area contributed by atoms with Crippen LogP contribution in [0.25, 0.3) is 0 Å². The fourth-order valence-electron chi connectivity index (χ4n) is 0.710. The Morgan fingerprint density at radius 1 is 1.83 bits per heavy atom. The van der Waals surface area contributed by atoms with Crippen molar-refractivity contribution >= 4 is 17.3 Å².